The molecule has 1 aromatic carbocycles. The minimum Gasteiger partial charge on any atom is -0.379 e. The molecular weight excluding hydrogens is 240 g/mol. The van der Waals surface area contributed by atoms with Crippen LogP contribution in [0.1, 0.15) is 5.56 Å². The summed E-state index contributed by atoms with van der Waals surface area (Å²) < 4.78 is 31.7. The highest BCUT2D eigenvalue weighted by Gasteiger charge is 2.33. The molecule has 1 aliphatic heterocycles. The van der Waals surface area contributed by atoms with E-state index in [0.29, 0.717) is 13.2 Å². The number of rotatable bonds is 4. The predicted octanol–water partition coefficient (Wildman–Crippen LogP) is 1.31. The van der Waals surface area contributed by atoms with Crippen LogP contribution in [0.5, 0.6) is 0 Å². The molecule has 2 unspecified atom stereocenters. The SMILES string of the molecule is CNC1COCC1C(=O)Cc1cccc(F)c1F. The Morgan fingerprint density at radius 3 is 2.94 bits per heavy atom. The molecule has 0 radical (unpaired) electrons. The van der Waals surface area contributed by atoms with Crippen molar-refractivity contribution in [3.63, 3.8) is 0 Å². The molecule has 5 heteroatoms. The van der Waals surface area contributed by atoms with E-state index in [4.69, 9.17) is 4.74 Å². The molecule has 0 bridgehead atoms. The predicted molar refractivity (Wildman–Crippen MR) is 62.2 cm³/mol. The zero-order chi connectivity index (χ0) is 13.1. The summed E-state index contributed by atoms with van der Waals surface area (Å²) in [6.45, 7) is 0.805. The highest BCUT2D eigenvalue weighted by molar-refractivity contribution is 5.84. The smallest absolute Gasteiger partial charge is 0.162 e. The van der Waals surface area contributed by atoms with Crippen molar-refractivity contribution in [1.82, 2.24) is 5.32 Å². The number of Topliss-reactive ketones (excluding diaryl/α,β-unsaturated/α-hetero) is 1. The van der Waals surface area contributed by atoms with Crippen LogP contribution < -0.4 is 5.32 Å². The zero-order valence-electron chi connectivity index (χ0n) is 10.1. The van der Waals surface area contributed by atoms with Gasteiger partial charge < -0.3 is 10.1 Å². The fourth-order valence-electron chi connectivity index (χ4n) is 2.16. The van der Waals surface area contributed by atoms with E-state index in [1.54, 1.807) is 7.05 Å². The van der Waals surface area contributed by atoms with E-state index in [0.717, 1.165) is 6.07 Å². The Morgan fingerprint density at radius 1 is 1.44 bits per heavy atom. The van der Waals surface area contributed by atoms with E-state index in [1.807, 2.05) is 0 Å². The zero-order valence-corrected chi connectivity index (χ0v) is 10.1. The first-order chi connectivity index (χ1) is 8.63. The molecule has 18 heavy (non-hydrogen) atoms. The molecule has 0 aliphatic carbocycles. The van der Waals surface area contributed by atoms with Gasteiger partial charge in [0.25, 0.3) is 0 Å². The fourth-order valence-corrected chi connectivity index (χ4v) is 2.16. The second-order valence-corrected chi connectivity index (χ2v) is 4.40. The standard InChI is InChI=1S/C13H15F2NO2/c1-16-11-7-18-6-9(11)12(17)5-8-3-2-4-10(14)13(8)15/h2-4,9,11,16H,5-7H2,1H3. The number of carbonyl (C=O) groups excluding carboxylic acids is 1. The minimum absolute atomic E-state index is 0.0471. The van der Waals surface area contributed by atoms with Gasteiger partial charge in [-0.3, -0.25) is 4.79 Å². The summed E-state index contributed by atoms with van der Waals surface area (Å²) in [4.78, 5) is 12.0. The second kappa shape index (κ2) is 5.54. The van der Waals surface area contributed by atoms with Crippen molar-refractivity contribution < 1.29 is 18.3 Å². The number of ether oxygens (including phenoxy) is 1. The van der Waals surface area contributed by atoms with Crippen LogP contribution in [-0.4, -0.2) is 32.1 Å². The van der Waals surface area contributed by atoms with E-state index in [9.17, 15) is 13.6 Å². The number of hydrogen-bond acceptors (Lipinski definition) is 3. The van der Waals surface area contributed by atoms with Gasteiger partial charge >= 0.3 is 0 Å². The summed E-state index contributed by atoms with van der Waals surface area (Å²) in [6, 6.07) is 3.83. The highest BCUT2D eigenvalue weighted by Crippen LogP contribution is 2.19. The average Bonchev–Trinajstić information content (AvgIpc) is 2.83. The molecule has 98 valence electrons. The molecule has 1 aliphatic rings. The third-order valence-electron chi connectivity index (χ3n) is 3.26. The fraction of sp³-hybridized carbons (Fsp3) is 0.462. The van der Waals surface area contributed by atoms with Crippen molar-refractivity contribution in [3.05, 3.63) is 35.4 Å². The number of carbonyl (C=O) groups is 1. The van der Waals surface area contributed by atoms with Gasteiger partial charge in [0.1, 0.15) is 5.78 Å². The van der Waals surface area contributed by atoms with Gasteiger partial charge in [-0.1, -0.05) is 12.1 Å². The first-order valence-electron chi connectivity index (χ1n) is 5.84. The van der Waals surface area contributed by atoms with Crippen LogP contribution in [0.15, 0.2) is 18.2 Å². The molecule has 3 nitrogen and oxygen atoms in total. The van der Waals surface area contributed by atoms with Crippen molar-refractivity contribution >= 4 is 5.78 Å². The van der Waals surface area contributed by atoms with Crippen LogP contribution in [0.2, 0.25) is 0 Å². The quantitative estimate of drug-likeness (QED) is 0.881. The number of hydrogen-bond donors (Lipinski definition) is 1. The van der Waals surface area contributed by atoms with Gasteiger partial charge in [0.05, 0.1) is 19.1 Å². The van der Waals surface area contributed by atoms with Gasteiger partial charge in [-0.05, 0) is 18.7 Å². The molecule has 1 saturated heterocycles. The lowest BCUT2D eigenvalue weighted by atomic mass is 9.93. The maximum absolute atomic E-state index is 13.5. The molecule has 0 amide bonds. The molecule has 2 atom stereocenters. The molecule has 1 fully saturated rings. The normalized spacial score (nSPS) is 23.3. The molecule has 0 aromatic heterocycles. The van der Waals surface area contributed by atoms with Gasteiger partial charge in [0.2, 0.25) is 0 Å². The van der Waals surface area contributed by atoms with Crippen molar-refractivity contribution in [3.8, 4) is 0 Å². The molecule has 1 aromatic rings. The topological polar surface area (TPSA) is 38.3 Å². The van der Waals surface area contributed by atoms with Gasteiger partial charge in [-0.15, -0.1) is 0 Å². The second-order valence-electron chi connectivity index (χ2n) is 4.40. The number of benzene rings is 1. The number of halogens is 2. The van der Waals surface area contributed by atoms with Crippen LogP contribution in [0.4, 0.5) is 8.78 Å². The van der Waals surface area contributed by atoms with E-state index >= 15 is 0 Å². The van der Waals surface area contributed by atoms with Crippen molar-refractivity contribution in [2.24, 2.45) is 5.92 Å². The van der Waals surface area contributed by atoms with Gasteiger partial charge in [0.15, 0.2) is 11.6 Å². The summed E-state index contributed by atoms with van der Waals surface area (Å²) in [5.74, 6) is -2.28. The number of ketones is 1. The van der Waals surface area contributed by atoms with Gasteiger partial charge in [-0.2, -0.15) is 0 Å². The summed E-state index contributed by atoms with van der Waals surface area (Å²) in [5.41, 5.74) is 0.0988. The van der Waals surface area contributed by atoms with Crippen molar-refractivity contribution in [2.45, 2.75) is 12.5 Å². The molecule has 0 spiro atoms. The number of nitrogens with one attached hydrogen (secondary N) is 1. The third kappa shape index (κ3) is 2.57. The lowest BCUT2D eigenvalue weighted by Gasteiger charge is -2.15. The van der Waals surface area contributed by atoms with E-state index in [-0.39, 0.29) is 29.7 Å². The molecule has 1 N–H and O–H groups in total. The van der Waals surface area contributed by atoms with Gasteiger partial charge in [0, 0.05) is 12.5 Å². The van der Waals surface area contributed by atoms with E-state index < -0.39 is 11.6 Å². The first kappa shape index (κ1) is 13.1. The largest absolute Gasteiger partial charge is 0.379 e. The Kier molecular flexibility index (Phi) is 4.04. The summed E-state index contributed by atoms with van der Waals surface area (Å²) in [6.07, 6.45) is -0.101. The molecule has 0 saturated carbocycles. The Bertz CT molecular complexity index is 451. The monoisotopic (exact) mass is 255 g/mol. The summed E-state index contributed by atoms with van der Waals surface area (Å²) in [7, 11) is 1.75. The Labute approximate surface area is 104 Å². The van der Waals surface area contributed by atoms with Crippen LogP contribution in [0.25, 0.3) is 0 Å². The number of likely N-dealkylation sites (N-methyl/N-ethyl adjacent to an activating group) is 1. The summed E-state index contributed by atoms with van der Waals surface area (Å²) in [5, 5.41) is 2.99. The minimum atomic E-state index is -0.939. The molecular formula is C13H15F2NO2. The first-order valence-corrected chi connectivity index (χ1v) is 5.84. The third-order valence-corrected chi connectivity index (χ3v) is 3.26. The average molecular weight is 255 g/mol. The summed E-state index contributed by atoms with van der Waals surface area (Å²) >= 11 is 0. The maximum Gasteiger partial charge on any atom is 0.162 e. The van der Waals surface area contributed by atoms with Crippen LogP contribution >= 0.6 is 0 Å². The van der Waals surface area contributed by atoms with Crippen molar-refractivity contribution in [2.75, 3.05) is 20.3 Å². The Morgan fingerprint density at radius 2 is 2.22 bits per heavy atom. The van der Waals surface area contributed by atoms with Crippen LogP contribution in [0, 0.1) is 17.6 Å². The van der Waals surface area contributed by atoms with Crippen LogP contribution in [-0.2, 0) is 16.0 Å². The van der Waals surface area contributed by atoms with E-state index in [1.165, 1.54) is 12.1 Å². The Balaban J connectivity index is 2.09. The Hall–Kier alpha value is -1.33. The maximum atomic E-state index is 13.5. The highest BCUT2D eigenvalue weighted by atomic mass is 19.2. The lowest BCUT2D eigenvalue weighted by Crippen LogP contribution is -2.37. The molecule has 1 heterocycles. The molecule has 2 rings (SSSR count). The van der Waals surface area contributed by atoms with Gasteiger partial charge in [-0.25, -0.2) is 8.78 Å². The lowest BCUT2D eigenvalue weighted by molar-refractivity contribution is -0.122. The van der Waals surface area contributed by atoms with Crippen LogP contribution in [0.3, 0.4) is 0 Å². The van der Waals surface area contributed by atoms with E-state index in [2.05, 4.69) is 5.32 Å². The van der Waals surface area contributed by atoms with Crippen molar-refractivity contribution in [1.29, 1.82) is 0 Å².